The largest absolute Gasteiger partial charge is 0.508 e. The molecule has 0 aliphatic heterocycles. The number of nitrogens with zero attached hydrogens (tertiary/aromatic N) is 1. The van der Waals surface area contributed by atoms with E-state index in [1.165, 1.54) is 17.0 Å². The van der Waals surface area contributed by atoms with Gasteiger partial charge in [0, 0.05) is 25.6 Å². The Morgan fingerprint density at radius 3 is 2.72 bits per heavy atom. The van der Waals surface area contributed by atoms with Crippen LogP contribution in [0, 0.1) is 5.82 Å². The number of thiocarbonyl (C=S) groups is 1. The van der Waals surface area contributed by atoms with Crippen LogP contribution in [0.5, 0.6) is 5.75 Å². The van der Waals surface area contributed by atoms with E-state index in [4.69, 9.17) is 23.1 Å². The number of carbonyl (C=O) groups is 1. The van der Waals surface area contributed by atoms with Gasteiger partial charge in [-0.25, -0.2) is 4.39 Å². The Hall–Kier alpha value is -1.69. The molecule has 4 nitrogen and oxygen atoms in total. The van der Waals surface area contributed by atoms with Crippen molar-refractivity contribution in [3.63, 3.8) is 0 Å². The standard InChI is InChI=1S/C12H15FN2O2S/c1-7(5-11(14)18)15(2)12(17)9-4-3-8(16)6-10(9)13/h3-4,6-7,16H,5H2,1-2H3,(H2,14,18). The summed E-state index contributed by atoms with van der Waals surface area (Å²) >= 11 is 4.77. The first-order chi connectivity index (χ1) is 8.32. The van der Waals surface area contributed by atoms with Crippen LogP contribution >= 0.6 is 12.2 Å². The van der Waals surface area contributed by atoms with Crippen molar-refractivity contribution in [3.05, 3.63) is 29.6 Å². The van der Waals surface area contributed by atoms with Gasteiger partial charge < -0.3 is 15.7 Å². The van der Waals surface area contributed by atoms with Gasteiger partial charge in [-0.15, -0.1) is 0 Å². The minimum atomic E-state index is -0.755. The average molecular weight is 270 g/mol. The van der Waals surface area contributed by atoms with Gasteiger partial charge in [0.15, 0.2) is 0 Å². The zero-order valence-corrected chi connectivity index (χ0v) is 11.0. The van der Waals surface area contributed by atoms with E-state index in [9.17, 15) is 9.18 Å². The number of phenolic OH excluding ortho intramolecular Hbond substituents is 1. The van der Waals surface area contributed by atoms with Crippen LogP contribution in [0.1, 0.15) is 23.7 Å². The number of hydrogen-bond donors (Lipinski definition) is 2. The molecule has 0 fully saturated rings. The smallest absolute Gasteiger partial charge is 0.256 e. The highest BCUT2D eigenvalue weighted by Crippen LogP contribution is 2.17. The quantitative estimate of drug-likeness (QED) is 0.817. The van der Waals surface area contributed by atoms with Crippen LogP contribution in [0.3, 0.4) is 0 Å². The zero-order valence-electron chi connectivity index (χ0n) is 10.2. The second-order valence-electron chi connectivity index (χ2n) is 4.10. The molecule has 0 spiro atoms. The van der Waals surface area contributed by atoms with Crippen molar-refractivity contribution in [2.75, 3.05) is 7.05 Å². The van der Waals surface area contributed by atoms with Gasteiger partial charge in [-0.3, -0.25) is 4.79 Å². The molecule has 0 aromatic heterocycles. The first-order valence-electron chi connectivity index (χ1n) is 5.37. The molecule has 1 aromatic carbocycles. The predicted molar refractivity (Wildman–Crippen MR) is 71.0 cm³/mol. The van der Waals surface area contributed by atoms with Gasteiger partial charge in [-0.05, 0) is 19.1 Å². The molecule has 98 valence electrons. The first-order valence-corrected chi connectivity index (χ1v) is 5.77. The molecule has 0 saturated heterocycles. The van der Waals surface area contributed by atoms with Crippen molar-refractivity contribution in [3.8, 4) is 5.75 Å². The number of carbonyl (C=O) groups excluding carboxylic acids is 1. The van der Waals surface area contributed by atoms with E-state index < -0.39 is 11.7 Å². The molecule has 0 heterocycles. The molecule has 18 heavy (non-hydrogen) atoms. The first kappa shape index (κ1) is 14.4. The molecule has 1 rings (SSSR count). The van der Waals surface area contributed by atoms with E-state index in [1.807, 2.05) is 0 Å². The molecule has 1 atom stereocenters. The normalized spacial score (nSPS) is 11.9. The summed E-state index contributed by atoms with van der Waals surface area (Å²) in [6.07, 6.45) is 0.372. The Morgan fingerprint density at radius 1 is 1.61 bits per heavy atom. The minimum absolute atomic E-state index is 0.0925. The highest BCUT2D eigenvalue weighted by atomic mass is 32.1. The number of rotatable bonds is 4. The highest BCUT2D eigenvalue weighted by Gasteiger charge is 2.21. The summed E-state index contributed by atoms with van der Waals surface area (Å²) < 4.78 is 13.5. The summed E-state index contributed by atoms with van der Waals surface area (Å²) in [5.74, 6) is -1.45. The van der Waals surface area contributed by atoms with Crippen LogP contribution in [-0.2, 0) is 0 Å². The lowest BCUT2D eigenvalue weighted by Crippen LogP contribution is -2.37. The molecule has 6 heteroatoms. The number of aromatic hydroxyl groups is 1. The maximum atomic E-state index is 13.5. The molecular weight excluding hydrogens is 255 g/mol. The molecule has 0 aliphatic rings. The molecule has 1 aromatic rings. The van der Waals surface area contributed by atoms with Crippen molar-refractivity contribution in [2.45, 2.75) is 19.4 Å². The summed E-state index contributed by atoms with van der Waals surface area (Å²) in [4.78, 5) is 13.7. The van der Waals surface area contributed by atoms with Crippen LogP contribution < -0.4 is 5.73 Å². The number of halogens is 1. The lowest BCUT2D eigenvalue weighted by Gasteiger charge is -2.24. The second-order valence-corrected chi connectivity index (χ2v) is 4.62. The van der Waals surface area contributed by atoms with E-state index >= 15 is 0 Å². The van der Waals surface area contributed by atoms with Gasteiger partial charge in [0.05, 0.1) is 10.6 Å². The van der Waals surface area contributed by atoms with Gasteiger partial charge >= 0.3 is 0 Å². The summed E-state index contributed by atoms with van der Waals surface area (Å²) in [5, 5.41) is 9.09. The SMILES string of the molecule is CC(CC(N)=S)N(C)C(=O)c1ccc(O)cc1F. The fraction of sp³-hybridized carbons (Fsp3) is 0.333. The topological polar surface area (TPSA) is 66.6 Å². The molecular formula is C12H15FN2O2S. The van der Waals surface area contributed by atoms with Crippen molar-refractivity contribution >= 4 is 23.1 Å². The lowest BCUT2D eigenvalue weighted by atomic mass is 10.1. The van der Waals surface area contributed by atoms with E-state index in [0.29, 0.717) is 11.4 Å². The molecule has 3 N–H and O–H groups in total. The minimum Gasteiger partial charge on any atom is -0.508 e. The van der Waals surface area contributed by atoms with Gasteiger partial charge in [0.25, 0.3) is 5.91 Å². The Bertz CT molecular complexity index is 479. The summed E-state index contributed by atoms with van der Waals surface area (Å²) in [6, 6.07) is 3.20. The number of phenols is 1. The van der Waals surface area contributed by atoms with Gasteiger partial charge in [0.2, 0.25) is 0 Å². The number of hydrogen-bond acceptors (Lipinski definition) is 3. The highest BCUT2D eigenvalue weighted by molar-refractivity contribution is 7.80. The van der Waals surface area contributed by atoms with Crippen molar-refractivity contribution in [1.29, 1.82) is 0 Å². The Balaban J connectivity index is 2.89. The molecule has 0 radical (unpaired) electrons. The van der Waals surface area contributed by atoms with Gasteiger partial charge in [-0.1, -0.05) is 12.2 Å². The molecule has 0 saturated carbocycles. The van der Waals surface area contributed by atoms with Crippen LogP contribution in [0.4, 0.5) is 4.39 Å². The molecule has 0 bridgehead atoms. The van der Waals surface area contributed by atoms with Crippen molar-refractivity contribution in [2.24, 2.45) is 5.73 Å². The van der Waals surface area contributed by atoms with Crippen LogP contribution in [-0.4, -0.2) is 34.0 Å². The maximum absolute atomic E-state index is 13.5. The van der Waals surface area contributed by atoms with Crippen LogP contribution in [0.2, 0.25) is 0 Å². The van der Waals surface area contributed by atoms with Crippen LogP contribution in [0.15, 0.2) is 18.2 Å². The van der Waals surface area contributed by atoms with E-state index in [-0.39, 0.29) is 17.4 Å². The number of amides is 1. The van der Waals surface area contributed by atoms with Gasteiger partial charge in [0.1, 0.15) is 11.6 Å². The summed E-state index contributed by atoms with van der Waals surface area (Å²) in [6.45, 7) is 1.77. The Labute approximate surface area is 110 Å². The second kappa shape index (κ2) is 5.77. The maximum Gasteiger partial charge on any atom is 0.256 e. The fourth-order valence-corrected chi connectivity index (χ4v) is 1.74. The summed E-state index contributed by atoms with van der Waals surface area (Å²) in [7, 11) is 1.55. The van der Waals surface area contributed by atoms with Gasteiger partial charge in [-0.2, -0.15) is 0 Å². The van der Waals surface area contributed by atoms with Crippen molar-refractivity contribution < 1.29 is 14.3 Å². The predicted octanol–water partition coefficient (Wildman–Crippen LogP) is 1.67. The third kappa shape index (κ3) is 3.40. The van der Waals surface area contributed by atoms with Crippen LogP contribution in [0.25, 0.3) is 0 Å². The third-order valence-corrected chi connectivity index (χ3v) is 2.83. The fourth-order valence-electron chi connectivity index (χ4n) is 1.50. The number of benzene rings is 1. The van der Waals surface area contributed by atoms with E-state index in [0.717, 1.165) is 6.07 Å². The number of nitrogens with two attached hydrogens (primary N) is 1. The lowest BCUT2D eigenvalue weighted by molar-refractivity contribution is 0.0743. The van der Waals surface area contributed by atoms with E-state index in [2.05, 4.69) is 0 Å². The average Bonchev–Trinajstić information content (AvgIpc) is 2.26. The molecule has 1 amide bonds. The molecule has 1 unspecified atom stereocenters. The molecule has 0 aliphatic carbocycles. The monoisotopic (exact) mass is 270 g/mol. The summed E-state index contributed by atoms with van der Waals surface area (Å²) in [5.41, 5.74) is 5.31. The third-order valence-electron chi connectivity index (χ3n) is 2.66. The Morgan fingerprint density at radius 2 is 2.22 bits per heavy atom. The Kier molecular flexibility index (Phi) is 4.61. The van der Waals surface area contributed by atoms with E-state index in [1.54, 1.807) is 14.0 Å². The van der Waals surface area contributed by atoms with Crippen molar-refractivity contribution in [1.82, 2.24) is 4.90 Å². The zero-order chi connectivity index (χ0) is 13.9.